The van der Waals surface area contributed by atoms with E-state index in [2.05, 4.69) is 54.8 Å². The first-order chi connectivity index (χ1) is 53.7. The molecule has 0 aliphatic carbocycles. The van der Waals surface area contributed by atoms with E-state index in [9.17, 15) is 45.3 Å². The monoisotopic (exact) mass is 1580 g/mol. The van der Waals surface area contributed by atoms with Crippen LogP contribution in [0.2, 0.25) is 10.0 Å². The van der Waals surface area contributed by atoms with E-state index >= 15 is 28.8 Å². The average Bonchev–Trinajstić information content (AvgIpc) is 0.754. The number of amides is 8. The van der Waals surface area contributed by atoms with Crippen molar-refractivity contribution in [1.82, 2.24) is 52.8 Å². The highest BCUT2D eigenvalue weighted by molar-refractivity contribution is 6.32. The number of nitrogens with two attached hydrogens (primary N) is 2. The first-order valence-corrected chi connectivity index (χ1v) is 37.9. The molecule has 0 fully saturated rings. The minimum absolute atomic E-state index is 0.0186. The fourth-order valence-corrected chi connectivity index (χ4v) is 14.3. The standard InChI is InChI=1S/C80H92Cl2N12O18/c1-4-5-6-7-8-9-10-13-25-85-39-50-57(98)38-49-63(71(50)100)48-32-41(17-20-55(48)96)64-77(106)93-69(80(109)92-68(49)75(104)86-26-14-27-94(2)3)70(99)43-19-23-59(52(82)33-43)112-62-36-45-35-61(72(62)101)111-58-22-16-40(28-51(58)81)29-54-74(103)89-66(78(107)91-67(45)79(108)90-64)44-30-46(95)37-47(31-44)110-60-34-42(18-21-56(60)97)65(76(105)87-54)88-73(102)53(84)15-11-12-24-83/h16-23,28,30-38,53-54,64-70,85,95-101H,4-15,24-27,29,39,83-84H2,1-3H3,(H,86,104)(H,87,105)(H,88,102)(H,89,103)(H,90,108)(H,91,107)(H,92,109)(H,93,106)/t53-,54+,64+,65+,66-,67+,68-,69-,70+/m0/s1. The van der Waals surface area contributed by atoms with Crippen LogP contribution in [0.3, 0.4) is 0 Å². The minimum atomic E-state index is -2.21. The topological polar surface area (TPSA) is 469 Å². The fraction of sp³-hybridized carbons (Fsp3) is 0.375. The Hall–Kier alpha value is -11.1. The van der Waals surface area contributed by atoms with E-state index in [0.717, 1.165) is 87.8 Å². The predicted octanol–water partition coefficient (Wildman–Crippen LogP) is 7.81. The number of ether oxygens (including phenoxy) is 3. The zero-order valence-corrected chi connectivity index (χ0v) is 63.3. The smallest absolute Gasteiger partial charge is 0.248 e. The normalized spacial score (nSPS) is 19.9. The molecule has 13 rings (SSSR count). The van der Waals surface area contributed by atoms with Crippen LogP contribution in [-0.2, 0) is 51.3 Å². The van der Waals surface area contributed by atoms with Crippen molar-refractivity contribution in [2.45, 2.75) is 151 Å². The minimum Gasteiger partial charge on any atom is -0.508 e. The zero-order chi connectivity index (χ0) is 80.2. The Morgan fingerprint density at radius 2 is 1.18 bits per heavy atom. The summed E-state index contributed by atoms with van der Waals surface area (Å²) in [5.74, 6) is -14.7. The molecule has 6 aliphatic rings. The number of hydrogen-bond donors (Lipinski definition) is 18. The van der Waals surface area contributed by atoms with Crippen LogP contribution in [0.1, 0.15) is 165 Å². The first-order valence-electron chi connectivity index (χ1n) is 37.1. The molecule has 6 aliphatic heterocycles. The lowest BCUT2D eigenvalue weighted by atomic mass is 9.87. The third-order valence-corrected chi connectivity index (χ3v) is 20.5. The largest absolute Gasteiger partial charge is 0.508 e. The molecular weight excluding hydrogens is 1490 g/mol. The van der Waals surface area contributed by atoms with Gasteiger partial charge in [-0.25, -0.2) is 0 Å². The summed E-state index contributed by atoms with van der Waals surface area (Å²) in [5.41, 5.74) is 10.3. The van der Waals surface area contributed by atoms with E-state index in [1.54, 1.807) is 0 Å². The van der Waals surface area contributed by atoms with Crippen LogP contribution in [0, 0.1) is 0 Å². The molecule has 8 amide bonds. The second kappa shape index (κ2) is 36.8. The van der Waals surface area contributed by atoms with Crippen LogP contribution in [0.25, 0.3) is 11.1 Å². The SMILES string of the molecule is CCCCCCCCCCNCc1c(O)cc2c(c1O)-c1cc(ccc1O)[C@H]1NC(=O)[C@@H]3NC(=O)[C@H]4NC(=O)[C@@H](Cc5ccc(c(Cl)c5)Oc5cc3cc(c5O)Oc3ccc(cc3Cl)[C@@H](O)[C@H](NC1=O)C(=O)N[C@@H]2C(=O)NCCCN(C)C)NC(=O)[C@H](NC(=O)[C@@H](N)CCCCN)c1ccc(O)c(c1)Oc1cc(O)cc4c1. The van der Waals surface area contributed by atoms with E-state index < -0.39 is 154 Å². The molecule has 0 saturated heterocycles. The summed E-state index contributed by atoms with van der Waals surface area (Å²) in [7, 11) is 3.65. The van der Waals surface area contributed by atoms with Crippen molar-refractivity contribution in [2.24, 2.45) is 11.5 Å². The van der Waals surface area contributed by atoms with Crippen molar-refractivity contribution in [3.8, 4) is 80.1 Å². The van der Waals surface area contributed by atoms with Gasteiger partial charge in [0, 0.05) is 36.7 Å². The molecule has 30 nitrogen and oxygen atoms in total. The molecule has 0 spiro atoms. The number of carbonyl (C=O) groups excluding carboxylic acids is 8. The fourth-order valence-electron chi connectivity index (χ4n) is 13.8. The Balaban J connectivity index is 1.08. The molecule has 32 heteroatoms. The Kier molecular flexibility index (Phi) is 26.9. The maximum atomic E-state index is 16.3. The number of phenolic OH excluding ortho intramolecular Hbond substituents is 6. The molecule has 0 aromatic heterocycles. The van der Waals surface area contributed by atoms with E-state index in [1.807, 2.05) is 19.0 Å². The summed E-state index contributed by atoms with van der Waals surface area (Å²) < 4.78 is 18.9. The molecule has 7 aromatic carbocycles. The molecular formula is C80H92Cl2N12O18. The Morgan fingerprint density at radius 1 is 0.562 bits per heavy atom. The predicted molar refractivity (Wildman–Crippen MR) is 413 cm³/mol. The maximum absolute atomic E-state index is 16.3. The van der Waals surface area contributed by atoms with E-state index in [-0.39, 0.29) is 108 Å². The lowest BCUT2D eigenvalue weighted by molar-refractivity contribution is -0.137. The van der Waals surface area contributed by atoms with Crippen LogP contribution in [0.15, 0.2) is 109 Å². The van der Waals surface area contributed by atoms with E-state index in [4.69, 9.17) is 48.9 Å². The number of nitrogens with zero attached hydrogens (tertiary/aromatic N) is 1. The number of phenols is 6. The second-order valence-electron chi connectivity index (χ2n) is 28.5. The summed E-state index contributed by atoms with van der Waals surface area (Å²) in [6.07, 6.45) is 7.24. The van der Waals surface area contributed by atoms with Crippen molar-refractivity contribution in [3.63, 3.8) is 0 Å². The Bertz CT molecular complexity index is 4720. The van der Waals surface area contributed by atoms with Crippen molar-refractivity contribution >= 4 is 70.5 Å². The number of carbonyl (C=O) groups is 8. The second-order valence-corrected chi connectivity index (χ2v) is 29.3. The molecule has 9 atom stereocenters. The molecule has 0 radical (unpaired) electrons. The molecule has 0 saturated carbocycles. The number of hydrogen-bond acceptors (Lipinski definition) is 22. The number of halogens is 2. The van der Waals surface area contributed by atoms with Crippen LogP contribution in [0.5, 0.6) is 69.0 Å². The maximum Gasteiger partial charge on any atom is 0.248 e. The van der Waals surface area contributed by atoms with Crippen LogP contribution in [-0.4, -0.2) is 146 Å². The highest BCUT2D eigenvalue weighted by Crippen LogP contribution is 2.49. The third kappa shape index (κ3) is 19.4. The summed E-state index contributed by atoms with van der Waals surface area (Å²) in [6.45, 7) is 3.30. The number of aliphatic hydroxyl groups excluding tert-OH is 1. The van der Waals surface area contributed by atoms with Crippen molar-refractivity contribution in [1.29, 1.82) is 0 Å². The van der Waals surface area contributed by atoms with E-state index in [0.29, 0.717) is 38.9 Å². The van der Waals surface area contributed by atoms with Gasteiger partial charge in [0.05, 0.1) is 21.7 Å². The summed E-state index contributed by atoms with van der Waals surface area (Å²) in [6, 6.07) is 6.78. The van der Waals surface area contributed by atoms with Gasteiger partial charge >= 0.3 is 0 Å². The molecule has 7 aromatic rings. The molecule has 0 unspecified atom stereocenters. The van der Waals surface area contributed by atoms with Gasteiger partial charge in [0.15, 0.2) is 23.0 Å². The molecule has 594 valence electrons. The van der Waals surface area contributed by atoms with Gasteiger partial charge in [-0.05, 0) is 177 Å². The van der Waals surface area contributed by atoms with Gasteiger partial charge in [-0.1, -0.05) is 106 Å². The number of fused-ring (bicyclic) bond motifs is 14. The van der Waals surface area contributed by atoms with Gasteiger partial charge in [0.25, 0.3) is 0 Å². The molecule has 112 heavy (non-hydrogen) atoms. The lowest BCUT2D eigenvalue weighted by Gasteiger charge is -2.32. The van der Waals surface area contributed by atoms with Gasteiger partial charge in [-0.2, -0.15) is 0 Å². The Labute approximate surface area is 655 Å². The van der Waals surface area contributed by atoms with Crippen molar-refractivity contribution in [3.05, 3.63) is 164 Å². The summed E-state index contributed by atoms with van der Waals surface area (Å²) >= 11 is 14.1. The van der Waals surface area contributed by atoms with E-state index in [1.165, 1.54) is 72.8 Å². The van der Waals surface area contributed by atoms with Crippen LogP contribution in [0.4, 0.5) is 0 Å². The molecule has 17 bridgehead atoms. The number of benzene rings is 7. The number of unbranched alkanes of at least 4 members (excludes halogenated alkanes) is 8. The van der Waals surface area contributed by atoms with Crippen molar-refractivity contribution < 1.29 is 88.3 Å². The van der Waals surface area contributed by atoms with Crippen LogP contribution < -0.4 is 73.5 Å². The van der Waals surface area contributed by atoms with Gasteiger partial charge < -0.3 is 114 Å². The molecule has 6 heterocycles. The number of nitrogens with one attached hydrogen (secondary N) is 9. The third-order valence-electron chi connectivity index (χ3n) is 19.9. The van der Waals surface area contributed by atoms with Gasteiger partial charge in [0.1, 0.15) is 88.6 Å². The Morgan fingerprint density at radius 3 is 1.86 bits per heavy atom. The molecule has 20 N–H and O–H groups in total. The number of aromatic hydroxyl groups is 6. The van der Waals surface area contributed by atoms with Gasteiger partial charge in [-0.3, -0.25) is 38.4 Å². The number of aliphatic hydroxyl groups is 1. The number of rotatable bonds is 22. The van der Waals surface area contributed by atoms with Crippen LogP contribution >= 0.6 is 23.2 Å². The summed E-state index contributed by atoms with van der Waals surface area (Å²) in [5, 5.41) is 109. The van der Waals surface area contributed by atoms with Gasteiger partial charge in [0.2, 0.25) is 53.0 Å². The quantitative estimate of drug-likeness (QED) is 0.0287. The van der Waals surface area contributed by atoms with Gasteiger partial charge in [-0.15, -0.1) is 0 Å². The zero-order valence-electron chi connectivity index (χ0n) is 61.8. The highest BCUT2D eigenvalue weighted by atomic mass is 35.5. The van der Waals surface area contributed by atoms with Crippen molar-refractivity contribution in [2.75, 3.05) is 40.3 Å². The highest BCUT2D eigenvalue weighted by Gasteiger charge is 2.42. The first kappa shape index (κ1) is 81.9. The summed E-state index contributed by atoms with van der Waals surface area (Å²) in [4.78, 5) is 125. The average molecular weight is 1580 g/mol. The lowest BCUT2D eigenvalue weighted by Crippen LogP contribution is -2.56.